The third-order valence-electron chi connectivity index (χ3n) is 4.08. The lowest BCUT2D eigenvalue weighted by Crippen LogP contribution is -2.46. The monoisotopic (exact) mass is 539 g/mol. The zero-order valence-corrected chi connectivity index (χ0v) is 19.2. The summed E-state index contributed by atoms with van der Waals surface area (Å²) < 4.78 is 11.6. The fourth-order valence-electron chi connectivity index (χ4n) is 2.79. The van der Waals surface area contributed by atoms with Crippen molar-refractivity contribution in [2.24, 2.45) is 10.9 Å². The number of hydrogen-bond donors (Lipinski definition) is 1. The number of ether oxygens (including phenoxy) is 2. The minimum atomic E-state index is -0.107. The quantitative estimate of drug-likeness (QED) is 0.198. The van der Waals surface area contributed by atoms with Crippen LogP contribution in [0.4, 0.5) is 0 Å². The summed E-state index contributed by atoms with van der Waals surface area (Å²) in [6.07, 6.45) is 1.59. The predicted octanol–water partition coefficient (Wildman–Crippen LogP) is 3.30. The van der Waals surface area contributed by atoms with Crippen molar-refractivity contribution in [1.29, 1.82) is 0 Å². The van der Waals surface area contributed by atoms with E-state index in [1.165, 1.54) is 7.11 Å². The standard InChI is InChI=1S/C18H26BrN3O3.HI/c1-3-20-18(22-10-7-14(8-11-22)17(23)24-2)21-9-12-25-16-6-4-5-15(19)13-16;/h4-6,13-14H,3,7-12H2,1-2H3,(H,20,21);1H. The molecule has 0 unspecified atom stereocenters. The summed E-state index contributed by atoms with van der Waals surface area (Å²) in [6, 6.07) is 7.77. The molecule has 0 aliphatic carbocycles. The van der Waals surface area contributed by atoms with Gasteiger partial charge in [-0.15, -0.1) is 24.0 Å². The number of aliphatic imine (C=N–C) groups is 1. The van der Waals surface area contributed by atoms with Gasteiger partial charge < -0.3 is 19.7 Å². The highest BCUT2D eigenvalue weighted by molar-refractivity contribution is 14.0. The SMILES string of the molecule is CCNC(=NCCOc1cccc(Br)c1)N1CCC(C(=O)OC)CC1.I. The Morgan fingerprint density at radius 2 is 2.12 bits per heavy atom. The number of methoxy groups -OCH3 is 1. The molecule has 1 aliphatic heterocycles. The van der Waals surface area contributed by atoms with Crippen LogP contribution in [0.2, 0.25) is 0 Å². The maximum absolute atomic E-state index is 11.6. The predicted molar refractivity (Wildman–Crippen MR) is 117 cm³/mol. The van der Waals surface area contributed by atoms with Crippen molar-refractivity contribution in [2.75, 3.05) is 39.9 Å². The number of carbonyl (C=O) groups excluding carboxylic acids is 1. The molecule has 0 bridgehead atoms. The second-order valence-electron chi connectivity index (χ2n) is 5.83. The number of likely N-dealkylation sites (tertiary alicyclic amines) is 1. The van der Waals surface area contributed by atoms with E-state index >= 15 is 0 Å². The van der Waals surface area contributed by atoms with Crippen LogP contribution in [-0.4, -0.2) is 56.7 Å². The fraction of sp³-hybridized carbons (Fsp3) is 0.556. The van der Waals surface area contributed by atoms with Crippen molar-refractivity contribution in [3.63, 3.8) is 0 Å². The summed E-state index contributed by atoms with van der Waals surface area (Å²) in [7, 11) is 1.45. The highest BCUT2D eigenvalue weighted by atomic mass is 127. The molecule has 1 aromatic rings. The van der Waals surface area contributed by atoms with E-state index in [0.29, 0.717) is 13.2 Å². The Bertz CT molecular complexity index is 593. The molecule has 1 fully saturated rings. The maximum Gasteiger partial charge on any atom is 0.308 e. The molecule has 146 valence electrons. The van der Waals surface area contributed by atoms with Crippen LogP contribution in [0.25, 0.3) is 0 Å². The summed E-state index contributed by atoms with van der Waals surface area (Å²) in [5.41, 5.74) is 0. The van der Waals surface area contributed by atoms with Gasteiger partial charge in [0.05, 0.1) is 19.6 Å². The molecule has 2 rings (SSSR count). The molecular weight excluding hydrogens is 513 g/mol. The third kappa shape index (κ3) is 7.30. The summed E-state index contributed by atoms with van der Waals surface area (Å²) in [5, 5.41) is 3.31. The molecule has 1 aliphatic rings. The number of piperidine rings is 1. The zero-order valence-electron chi connectivity index (χ0n) is 15.2. The van der Waals surface area contributed by atoms with E-state index in [1.807, 2.05) is 24.3 Å². The van der Waals surface area contributed by atoms with E-state index in [2.05, 4.69) is 38.1 Å². The van der Waals surface area contributed by atoms with E-state index in [4.69, 9.17) is 9.47 Å². The van der Waals surface area contributed by atoms with Crippen molar-refractivity contribution in [1.82, 2.24) is 10.2 Å². The average molecular weight is 540 g/mol. The zero-order chi connectivity index (χ0) is 18.1. The van der Waals surface area contributed by atoms with Crippen molar-refractivity contribution in [2.45, 2.75) is 19.8 Å². The first kappa shape index (κ1) is 23.0. The molecule has 26 heavy (non-hydrogen) atoms. The number of benzene rings is 1. The first-order valence-electron chi connectivity index (χ1n) is 8.63. The van der Waals surface area contributed by atoms with E-state index in [0.717, 1.165) is 48.7 Å². The van der Waals surface area contributed by atoms with Gasteiger partial charge in [0, 0.05) is 24.1 Å². The lowest BCUT2D eigenvalue weighted by Gasteiger charge is -2.33. The number of hydrogen-bond acceptors (Lipinski definition) is 4. The van der Waals surface area contributed by atoms with Crippen LogP contribution in [0.5, 0.6) is 5.75 Å². The molecule has 0 spiro atoms. The summed E-state index contributed by atoms with van der Waals surface area (Å²) in [4.78, 5) is 18.5. The van der Waals surface area contributed by atoms with Gasteiger partial charge in [-0.05, 0) is 38.0 Å². The lowest BCUT2D eigenvalue weighted by molar-refractivity contribution is -0.146. The molecular formula is C18H27BrIN3O3. The van der Waals surface area contributed by atoms with Crippen molar-refractivity contribution >= 4 is 51.8 Å². The summed E-state index contributed by atoms with van der Waals surface area (Å²) in [5.74, 6) is 1.60. The van der Waals surface area contributed by atoms with Crippen LogP contribution in [-0.2, 0) is 9.53 Å². The minimum absolute atomic E-state index is 0. The fourth-order valence-corrected chi connectivity index (χ4v) is 3.17. The van der Waals surface area contributed by atoms with E-state index in [9.17, 15) is 4.79 Å². The molecule has 1 aromatic carbocycles. The van der Waals surface area contributed by atoms with Gasteiger partial charge in [0.15, 0.2) is 5.96 Å². The van der Waals surface area contributed by atoms with Crippen LogP contribution < -0.4 is 10.1 Å². The van der Waals surface area contributed by atoms with E-state index < -0.39 is 0 Å². The Morgan fingerprint density at radius 1 is 1.38 bits per heavy atom. The summed E-state index contributed by atoms with van der Waals surface area (Å²) >= 11 is 3.43. The smallest absolute Gasteiger partial charge is 0.308 e. The van der Waals surface area contributed by atoms with Gasteiger partial charge in [0.25, 0.3) is 0 Å². The molecule has 1 N–H and O–H groups in total. The Morgan fingerprint density at radius 3 is 2.73 bits per heavy atom. The largest absolute Gasteiger partial charge is 0.492 e. The van der Waals surface area contributed by atoms with Crippen LogP contribution in [0, 0.1) is 5.92 Å². The molecule has 8 heteroatoms. The number of guanidine groups is 1. The van der Waals surface area contributed by atoms with E-state index in [1.54, 1.807) is 0 Å². The first-order valence-corrected chi connectivity index (χ1v) is 9.42. The Labute approximate surface area is 180 Å². The van der Waals surface area contributed by atoms with Crippen LogP contribution >= 0.6 is 39.9 Å². The normalized spacial score (nSPS) is 15.2. The van der Waals surface area contributed by atoms with Crippen LogP contribution in [0.1, 0.15) is 19.8 Å². The highest BCUT2D eigenvalue weighted by Crippen LogP contribution is 2.19. The number of nitrogens with zero attached hydrogens (tertiary/aromatic N) is 2. The van der Waals surface area contributed by atoms with Gasteiger partial charge in [0.2, 0.25) is 0 Å². The third-order valence-corrected chi connectivity index (χ3v) is 4.57. The average Bonchev–Trinajstić information content (AvgIpc) is 2.64. The van der Waals surface area contributed by atoms with Crippen LogP contribution in [0.3, 0.4) is 0 Å². The van der Waals surface area contributed by atoms with Crippen molar-refractivity contribution in [3.05, 3.63) is 28.7 Å². The topological polar surface area (TPSA) is 63.2 Å². The lowest BCUT2D eigenvalue weighted by atomic mass is 9.97. The molecule has 1 saturated heterocycles. The number of halogens is 2. The van der Waals surface area contributed by atoms with Crippen molar-refractivity contribution in [3.8, 4) is 5.75 Å². The molecule has 0 radical (unpaired) electrons. The second-order valence-corrected chi connectivity index (χ2v) is 6.74. The Kier molecular flexibility index (Phi) is 11.0. The van der Waals surface area contributed by atoms with Gasteiger partial charge in [0.1, 0.15) is 12.4 Å². The van der Waals surface area contributed by atoms with Crippen molar-refractivity contribution < 1.29 is 14.3 Å². The highest BCUT2D eigenvalue weighted by Gasteiger charge is 2.26. The molecule has 6 nitrogen and oxygen atoms in total. The summed E-state index contributed by atoms with van der Waals surface area (Å²) in [6.45, 7) is 5.56. The van der Waals surface area contributed by atoms with Gasteiger partial charge in [-0.25, -0.2) is 4.99 Å². The van der Waals surface area contributed by atoms with Gasteiger partial charge in [-0.2, -0.15) is 0 Å². The second kappa shape index (κ2) is 12.4. The Hall–Kier alpha value is -1.03. The number of nitrogens with one attached hydrogen (secondary N) is 1. The first-order chi connectivity index (χ1) is 12.1. The Balaban J connectivity index is 0.00000338. The molecule has 0 aromatic heterocycles. The minimum Gasteiger partial charge on any atom is -0.492 e. The molecule has 0 amide bonds. The molecule has 1 heterocycles. The maximum atomic E-state index is 11.6. The van der Waals surface area contributed by atoms with Gasteiger partial charge in [-0.3, -0.25) is 4.79 Å². The van der Waals surface area contributed by atoms with Gasteiger partial charge >= 0.3 is 5.97 Å². The number of esters is 1. The van der Waals surface area contributed by atoms with E-state index in [-0.39, 0.29) is 35.9 Å². The molecule has 0 atom stereocenters. The number of rotatable bonds is 6. The molecule has 0 saturated carbocycles. The van der Waals surface area contributed by atoms with Crippen LogP contribution in [0.15, 0.2) is 33.7 Å². The van der Waals surface area contributed by atoms with Gasteiger partial charge in [-0.1, -0.05) is 22.0 Å². The number of carbonyl (C=O) groups is 1.